The lowest BCUT2D eigenvalue weighted by atomic mass is 10.0. The number of anilines is 1. The van der Waals surface area contributed by atoms with Crippen LogP contribution in [-0.4, -0.2) is 17.7 Å². The van der Waals surface area contributed by atoms with Crippen molar-refractivity contribution < 1.29 is 14.3 Å². The van der Waals surface area contributed by atoms with Crippen LogP contribution in [0, 0.1) is 0 Å². The topological polar surface area (TPSA) is 60.5 Å². The number of ether oxygens (including phenoxy) is 2. The number of thiazole rings is 1. The molecule has 0 unspecified atom stereocenters. The van der Waals surface area contributed by atoms with Crippen molar-refractivity contribution in [3.05, 3.63) is 83.7 Å². The largest absolute Gasteiger partial charge is 0.454 e. The Labute approximate surface area is 177 Å². The van der Waals surface area contributed by atoms with Gasteiger partial charge in [-0.25, -0.2) is 4.98 Å². The standard InChI is InChI=1S/C24H18N2O3S/c27-23(13-16-6-11-21-22(12-16)29-15-28-21)26-24-25-20(14-30-24)19-9-7-18(8-10-19)17-4-2-1-3-5-17/h1-12,14H,13,15H2,(H,25,26,27). The van der Waals surface area contributed by atoms with Crippen molar-refractivity contribution in [1.82, 2.24) is 4.98 Å². The predicted octanol–water partition coefficient (Wildman–Crippen LogP) is 5.39. The van der Waals surface area contributed by atoms with Crippen molar-refractivity contribution in [2.24, 2.45) is 0 Å². The average molecular weight is 414 g/mol. The monoisotopic (exact) mass is 414 g/mol. The summed E-state index contributed by atoms with van der Waals surface area (Å²) in [6.45, 7) is 0.221. The van der Waals surface area contributed by atoms with Gasteiger partial charge >= 0.3 is 0 Å². The van der Waals surface area contributed by atoms with Crippen molar-refractivity contribution in [1.29, 1.82) is 0 Å². The molecule has 1 N–H and O–H groups in total. The van der Waals surface area contributed by atoms with Gasteiger partial charge in [0, 0.05) is 10.9 Å². The number of carbonyl (C=O) groups is 1. The molecule has 0 atom stereocenters. The summed E-state index contributed by atoms with van der Waals surface area (Å²) in [5.41, 5.74) is 5.07. The molecule has 0 spiro atoms. The summed E-state index contributed by atoms with van der Waals surface area (Å²) < 4.78 is 10.7. The van der Waals surface area contributed by atoms with Crippen molar-refractivity contribution in [2.75, 3.05) is 12.1 Å². The van der Waals surface area contributed by atoms with Gasteiger partial charge < -0.3 is 14.8 Å². The van der Waals surface area contributed by atoms with Crippen LogP contribution < -0.4 is 14.8 Å². The SMILES string of the molecule is O=C(Cc1ccc2c(c1)OCO2)Nc1nc(-c2ccc(-c3ccccc3)cc2)cs1. The molecular formula is C24H18N2O3S. The zero-order valence-corrected chi connectivity index (χ0v) is 16.8. The number of rotatable bonds is 5. The summed E-state index contributed by atoms with van der Waals surface area (Å²) in [6.07, 6.45) is 0.247. The van der Waals surface area contributed by atoms with Crippen LogP contribution in [0.4, 0.5) is 5.13 Å². The van der Waals surface area contributed by atoms with Crippen LogP contribution in [0.1, 0.15) is 5.56 Å². The van der Waals surface area contributed by atoms with E-state index < -0.39 is 0 Å². The lowest BCUT2D eigenvalue weighted by Crippen LogP contribution is -2.14. The molecule has 148 valence electrons. The number of benzene rings is 3. The summed E-state index contributed by atoms with van der Waals surface area (Å²) in [7, 11) is 0. The van der Waals surface area contributed by atoms with E-state index in [9.17, 15) is 4.79 Å². The summed E-state index contributed by atoms with van der Waals surface area (Å²) in [6, 6.07) is 24.1. The minimum atomic E-state index is -0.116. The molecule has 0 fully saturated rings. The Balaban J connectivity index is 1.24. The number of carbonyl (C=O) groups excluding carboxylic acids is 1. The maximum atomic E-state index is 12.4. The zero-order chi connectivity index (χ0) is 20.3. The number of hydrogen-bond acceptors (Lipinski definition) is 5. The van der Waals surface area contributed by atoms with Gasteiger partial charge in [-0.2, -0.15) is 0 Å². The van der Waals surface area contributed by atoms with E-state index >= 15 is 0 Å². The molecule has 1 amide bonds. The molecule has 2 heterocycles. The van der Waals surface area contributed by atoms with E-state index in [1.165, 1.54) is 16.9 Å². The lowest BCUT2D eigenvalue weighted by molar-refractivity contribution is -0.115. The zero-order valence-electron chi connectivity index (χ0n) is 16.0. The Hall–Kier alpha value is -3.64. The molecule has 6 heteroatoms. The lowest BCUT2D eigenvalue weighted by Gasteiger charge is -2.04. The van der Waals surface area contributed by atoms with E-state index in [-0.39, 0.29) is 19.1 Å². The first-order chi connectivity index (χ1) is 14.7. The molecule has 0 radical (unpaired) electrons. The van der Waals surface area contributed by atoms with Gasteiger partial charge in [0.25, 0.3) is 0 Å². The number of fused-ring (bicyclic) bond motifs is 1. The van der Waals surface area contributed by atoms with Gasteiger partial charge in [-0.05, 0) is 28.8 Å². The Morgan fingerprint density at radius 2 is 1.63 bits per heavy atom. The molecule has 0 saturated carbocycles. The molecule has 0 saturated heterocycles. The smallest absolute Gasteiger partial charge is 0.231 e. The van der Waals surface area contributed by atoms with Gasteiger partial charge in [0.1, 0.15) is 0 Å². The van der Waals surface area contributed by atoms with Crippen molar-refractivity contribution in [2.45, 2.75) is 6.42 Å². The summed E-state index contributed by atoms with van der Waals surface area (Å²) in [4.78, 5) is 17.0. The first kappa shape index (κ1) is 18.4. The minimum absolute atomic E-state index is 0.116. The Kier molecular flexibility index (Phi) is 4.91. The van der Waals surface area contributed by atoms with Crippen LogP contribution in [0.25, 0.3) is 22.4 Å². The Bertz CT molecular complexity index is 1190. The molecule has 0 aliphatic carbocycles. The Morgan fingerprint density at radius 3 is 2.47 bits per heavy atom. The highest BCUT2D eigenvalue weighted by Crippen LogP contribution is 2.33. The summed E-state index contributed by atoms with van der Waals surface area (Å²) in [5, 5.41) is 5.42. The second kappa shape index (κ2) is 8.00. The van der Waals surface area contributed by atoms with Crippen LogP contribution in [0.15, 0.2) is 78.2 Å². The highest BCUT2D eigenvalue weighted by Gasteiger charge is 2.15. The number of amides is 1. The quantitative estimate of drug-likeness (QED) is 0.476. The maximum absolute atomic E-state index is 12.4. The first-order valence-electron chi connectivity index (χ1n) is 9.54. The number of hydrogen-bond donors (Lipinski definition) is 1. The molecule has 5 rings (SSSR count). The third kappa shape index (κ3) is 3.90. The van der Waals surface area contributed by atoms with Gasteiger partial charge in [-0.1, -0.05) is 60.7 Å². The number of nitrogens with zero attached hydrogens (tertiary/aromatic N) is 1. The molecule has 0 bridgehead atoms. The third-order valence-corrected chi connectivity index (χ3v) is 5.60. The molecule has 1 aliphatic rings. The molecule has 3 aromatic carbocycles. The fourth-order valence-electron chi connectivity index (χ4n) is 3.33. The van der Waals surface area contributed by atoms with E-state index in [4.69, 9.17) is 9.47 Å². The third-order valence-electron chi connectivity index (χ3n) is 4.84. The molecule has 30 heavy (non-hydrogen) atoms. The number of nitrogens with one attached hydrogen (secondary N) is 1. The molecule has 1 aromatic heterocycles. The highest BCUT2D eigenvalue weighted by molar-refractivity contribution is 7.14. The highest BCUT2D eigenvalue weighted by atomic mass is 32.1. The van der Waals surface area contributed by atoms with Gasteiger partial charge in [0.05, 0.1) is 12.1 Å². The second-order valence-corrected chi connectivity index (χ2v) is 7.75. The minimum Gasteiger partial charge on any atom is -0.454 e. The molecule has 5 nitrogen and oxygen atoms in total. The van der Waals surface area contributed by atoms with Crippen molar-refractivity contribution in [3.63, 3.8) is 0 Å². The fourth-order valence-corrected chi connectivity index (χ4v) is 4.06. The van der Waals surface area contributed by atoms with Crippen LogP contribution in [0.3, 0.4) is 0 Å². The normalized spacial score (nSPS) is 12.0. The average Bonchev–Trinajstić information content (AvgIpc) is 3.43. The van der Waals surface area contributed by atoms with Gasteiger partial charge in [0.2, 0.25) is 12.7 Å². The molecule has 4 aromatic rings. The van der Waals surface area contributed by atoms with E-state index in [1.807, 2.05) is 41.8 Å². The van der Waals surface area contributed by atoms with Crippen molar-refractivity contribution >= 4 is 22.4 Å². The maximum Gasteiger partial charge on any atom is 0.231 e. The summed E-state index contributed by atoms with van der Waals surface area (Å²) in [5.74, 6) is 1.27. The van der Waals surface area contributed by atoms with E-state index in [1.54, 1.807) is 0 Å². The van der Waals surface area contributed by atoms with Gasteiger partial charge in [0.15, 0.2) is 16.6 Å². The van der Waals surface area contributed by atoms with Crippen LogP contribution in [0.2, 0.25) is 0 Å². The van der Waals surface area contributed by atoms with E-state index in [0.29, 0.717) is 16.6 Å². The van der Waals surface area contributed by atoms with Crippen LogP contribution >= 0.6 is 11.3 Å². The Morgan fingerprint density at radius 1 is 0.900 bits per heavy atom. The predicted molar refractivity (Wildman–Crippen MR) is 118 cm³/mol. The first-order valence-corrected chi connectivity index (χ1v) is 10.4. The molecule has 1 aliphatic heterocycles. The van der Waals surface area contributed by atoms with E-state index in [0.717, 1.165) is 22.4 Å². The van der Waals surface area contributed by atoms with Crippen molar-refractivity contribution in [3.8, 4) is 33.9 Å². The molecular weight excluding hydrogens is 396 g/mol. The van der Waals surface area contributed by atoms with Crippen LogP contribution in [0.5, 0.6) is 11.5 Å². The van der Waals surface area contributed by atoms with Gasteiger partial charge in [-0.15, -0.1) is 11.3 Å². The number of aromatic nitrogens is 1. The second-order valence-electron chi connectivity index (χ2n) is 6.89. The van der Waals surface area contributed by atoms with Gasteiger partial charge in [-0.3, -0.25) is 4.79 Å². The summed E-state index contributed by atoms with van der Waals surface area (Å²) >= 11 is 1.42. The fraction of sp³-hybridized carbons (Fsp3) is 0.0833. The van der Waals surface area contributed by atoms with Crippen LogP contribution in [-0.2, 0) is 11.2 Å². The van der Waals surface area contributed by atoms with E-state index in [2.05, 4.69) is 46.7 Å².